The lowest BCUT2D eigenvalue weighted by Gasteiger charge is -2.33. The van der Waals surface area contributed by atoms with E-state index in [4.69, 9.17) is 0 Å². The van der Waals surface area contributed by atoms with Crippen LogP contribution in [0.2, 0.25) is 0 Å². The number of hydrogen-bond acceptors (Lipinski definition) is 4. The van der Waals surface area contributed by atoms with E-state index in [1.807, 2.05) is 19.1 Å². The molecule has 0 spiro atoms. The lowest BCUT2D eigenvalue weighted by molar-refractivity contribution is -0.118. The highest BCUT2D eigenvalue weighted by atomic mass is 16.1. The van der Waals surface area contributed by atoms with Gasteiger partial charge in [-0.25, -0.2) is 0 Å². The van der Waals surface area contributed by atoms with E-state index < -0.39 is 0 Å². The summed E-state index contributed by atoms with van der Waals surface area (Å²) in [6.07, 6.45) is 3.93. The van der Waals surface area contributed by atoms with Gasteiger partial charge in [0.15, 0.2) is 5.78 Å². The molecule has 0 aliphatic carbocycles. The Kier molecular flexibility index (Phi) is 5.47. The number of nitrogens with zero attached hydrogens (tertiary/aromatic N) is 2. The molecular formula is C20H28N2O2. The third-order valence-corrected chi connectivity index (χ3v) is 5.37. The monoisotopic (exact) mass is 328 g/mol. The molecule has 2 fully saturated rings. The van der Waals surface area contributed by atoms with Crippen molar-refractivity contribution >= 4 is 11.6 Å². The largest absolute Gasteiger partial charge is 0.299 e. The highest BCUT2D eigenvalue weighted by Gasteiger charge is 2.42. The van der Waals surface area contributed by atoms with E-state index in [1.165, 1.54) is 12.0 Å². The normalized spacial score (nSPS) is 23.8. The molecular weight excluding hydrogens is 300 g/mol. The predicted molar refractivity (Wildman–Crippen MR) is 95.4 cm³/mol. The van der Waals surface area contributed by atoms with Crippen LogP contribution in [0.3, 0.4) is 0 Å². The van der Waals surface area contributed by atoms with Gasteiger partial charge in [0, 0.05) is 37.2 Å². The second-order valence-electron chi connectivity index (χ2n) is 7.25. The first kappa shape index (κ1) is 17.3. The molecule has 0 amide bonds. The molecule has 2 saturated heterocycles. The number of benzene rings is 1. The molecule has 24 heavy (non-hydrogen) atoms. The highest BCUT2D eigenvalue weighted by Crippen LogP contribution is 2.30. The maximum atomic E-state index is 11.8. The third kappa shape index (κ3) is 3.93. The van der Waals surface area contributed by atoms with Gasteiger partial charge in [-0.05, 0) is 44.4 Å². The van der Waals surface area contributed by atoms with Crippen LogP contribution in [0.5, 0.6) is 0 Å². The Morgan fingerprint density at radius 1 is 1.17 bits per heavy atom. The van der Waals surface area contributed by atoms with Crippen molar-refractivity contribution in [1.82, 2.24) is 9.80 Å². The third-order valence-electron chi connectivity index (χ3n) is 5.37. The van der Waals surface area contributed by atoms with Crippen LogP contribution in [-0.4, -0.2) is 59.6 Å². The van der Waals surface area contributed by atoms with Crippen LogP contribution >= 0.6 is 0 Å². The summed E-state index contributed by atoms with van der Waals surface area (Å²) >= 11 is 0. The van der Waals surface area contributed by atoms with E-state index >= 15 is 0 Å². The summed E-state index contributed by atoms with van der Waals surface area (Å²) in [6, 6.07) is 9.29. The molecule has 130 valence electrons. The zero-order chi connectivity index (χ0) is 17.1. The van der Waals surface area contributed by atoms with Crippen molar-refractivity contribution in [3.8, 4) is 0 Å². The Morgan fingerprint density at radius 2 is 1.92 bits per heavy atom. The summed E-state index contributed by atoms with van der Waals surface area (Å²) in [4.78, 5) is 28.0. The minimum Gasteiger partial charge on any atom is -0.299 e. The number of likely N-dealkylation sites (tertiary alicyclic amines) is 2. The fourth-order valence-electron chi connectivity index (χ4n) is 4.18. The molecule has 1 unspecified atom stereocenters. The summed E-state index contributed by atoms with van der Waals surface area (Å²) in [5.41, 5.74) is 2.10. The molecule has 3 rings (SSSR count). The first-order valence-electron chi connectivity index (χ1n) is 9.16. The maximum Gasteiger partial charge on any atom is 0.162 e. The van der Waals surface area contributed by atoms with Crippen molar-refractivity contribution < 1.29 is 9.59 Å². The number of aryl methyl sites for hydroxylation is 1. The molecule has 1 aromatic carbocycles. The SMILES string of the molecule is CCC(=O)c1cccc(CCCN2C[C@@H]3CC2CN3CC(C)=O)c1. The molecule has 1 aromatic rings. The summed E-state index contributed by atoms with van der Waals surface area (Å²) in [5, 5.41) is 0. The fourth-order valence-corrected chi connectivity index (χ4v) is 4.18. The van der Waals surface area contributed by atoms with E-state index in [2.05, 4.69) is 21.9 Å². The minimum absolute atomic E-state index is 0.222. The minimum atomic E-state index is 0.222. The Morgan fingerprint density at radius 3 is 2.58 bits per heavy atom. The van der Waals surface area contributed by atoms with Crippen molar-refractivity contribution in [2.24, 2.45) is 0 Å². The number of ketones is 2. The number of Topliss-reactive ketones (excluding diaryl/α,β-unsaturated/α-hetero) is 2. The first-order chi connectivity index (χ1) is 11.6. The summed E-state index contributed by atoms with van der Waals surface area (Å²) < 4.78 is 0. The second kappa shape index (κ2) is 7.58. The quantitative estimate of drug-likeness (QED) is 0.688. The molecule has 2 heterocycles. The van der Waals surface area contributed by atoms with Crippen LogP contribution < -0.4 is 0 Å². The summed E-state index contributed by atoms with van der Waals surface area (Å²) in [6.45, 7) is 7.47. The summed E-state index contributed by atoms with van der Waals surface area (Å²) in [5.74, 6) is 0.495. The van der Waals surface area contributed by atoms with Crippen molar-refractivity contribution in [1.29, 1.82) is 0 Å². The van der Waals surface area contributed by atoms with Gasteiger partial charge in [0.25, 0.3) is 0 Å². The lowest BCUT2D eigenvalue weighted by Crippen LogP contribution is -2.47. The van der Waals surface area contributed by atoms with Gasteiger partial charge in [-0.3, -0.25) is 19.4 Å². The Labute approximate surface area is 144 Å². The molecule has 2 bridgehead atoms. The number of hydrogen-bond donors (Lipinski definition) is 0. The smallest absolute Gasteiger partial charge is 0.162 e. The first-order valence-corrected chi connectivity index (χ1v) is 9.16. The fraction of sp³-hybridized carbons (Fsp3) is 0.600. The zero-order valence-electron chi connectivity index (χ0n) is 14.8. The van der Waals surface area contributed by atoms with E-state index in [0.29, 0.717) is 25.0 Å². The van der Waals surface area contributed by atoms with Crippen molar-refractivity contribution in [2.45, 2.75) is 51.6 Å². The van der Waals surface area contributed by atoms with Gasteiger partial charge in [-0.15, -0.1) is 0 Å². The number of rotatable bonds is 8. The van der Waals surface area contributed by atoms with Gasteiger partial charge >= 0.3 is 0 Å². The topological polar surface area (TPSA) is 40.6 Å². The maximum absolute atomic E-state index is 11.8. The molecule has 4 heteroatoms. The molecule has 2 aliphatic rings. The van der Waals surface area contributed by atoms with Gasteiger partial charge in [0.2, 0.25) is 0 Å². The standard InChI is InChI=1S/C20H28N2O2/c1-3-20(24)17-8-4-6-16(10-17)7-5-9-21-13-19-11-18(21)14-22(19)12-15(2)23/h4,6,8,10,18-19H,3,5,7,9,11-14H2,1-2H3/t18?,19-/m0/s1. The van der Waals surface area contributed by atoms with Crippen molar-refractivity contribution in [2.75, 3.05) is 26.2 Å². The van der Waals surface area contributed by atoms with Gasteiger partial charge in [0.1, 0.15) is 5.78 Å². The molecule has 0 saturated carbocycles. The van der Waals surface area contributed by atoms with Crippen LogP contribution in [0.4, 0.5) is 0 Å². The van der Waals surface area contributed by atoms with Crippen LogP contribution in [0.25, 0.3) is 0 Å². The molecule has 0 aromatic heterocycles. The van der Waals surface area contributed by atoms with Crippen molar-refractivity contribution in [3.05, 3.63) is 35.4 Å². The Hall–Kier alpha value is -1.52. The Bertz CT molecular complexity index is 613. The highest BCUT2D eigenvalue weighted by molar-refractivity contribution is 5.95. The van der Waals surface area contributed by atoms with Crippen LogP contribution in [-0.2, 0) is 11.2 Å². The van der Waals surface area contributed by atoms with Gasteiger partial charge < -0.3 is 0 Å². The van der Waals surface area contributed by atoms with Gasteiger partial charge in [0.05, 0.1) is 6.54 Å². The average Bonchev–Trinajstić information content (AvgIpc) is 3.13. The van der Waals surface area contributed by atoms with Crippen molar-refractivity contribution in [3.63, 3.8) is 0 Å². The average molecular weight is 328 g/mol. The van der Waals surface area contributed by atoms with E-state index in [1.54, 1.807) is 6.92 Å². The van der Waals surface area contributed by atoms with Crippen LogP contribution in [0.1, 0.15) is 49.0 Å². The van der Waals surface area contributed by atoms with E-state index in [-0.39, 0.29) is 11.6 Å². The number of piperazine rings is 1. The molecule has 2 atom stereocenters. The van der Waals surface area contributed by atoms with Crippen LogP contribution in [0, 0.1) is 0 Å². The van der Waals surface area contributed by atoms with Crippen LogP contribution in [0.15, 0.2) is 24.3 Å². The Balaban J connectivity index is 1.45. The molecule has 0 N–H and O–H groups in total. The summed E-state index contributed by atoms with van der Waals surface area (Å²) in [7, 11) is 0. The lowest BCUT2D eigenvalue weighted by atomic mass is 10.0. The second-order valence-corrected chi connectivity index (χ2v) is 7.25. The molecule has 2 aliphatic heterocycles. The zero-order valence-corrected chi connectivity index (χ0v) is 14.8. The predicted octanol–water partition coefficient (Wildman–Crippen LogP) is 2.56. The van der Waals surface area contributed by atoms with Gasteiger partial charge in [-0.1, -0.05) is 25.1 Å². The number of carbonyl (C=O) groups is 2. The van der Waals surface area contributed by atoms with E-state index in [0.717, 1.165) is 38.0 Å². The van der Waals surface area contributed by atoms with E-state index in [9.17, 15) is 9.59 Å². The molecule has 4 nitrogen and oxygen atoms in total. The van der Waals surface area contributed by atoms with Gasteiger partial charge in [-0.2, -0.15) is 0 Å². The molecule has 0 radical (unpaired) electrons. The number of fused-ring (bicyclic) bond motifs is 2. The number of carbonyl (C=O) groups excluding carboxylic acids is 2.